The molecule has 0 bridgehead atoms. The number of rotatable bonds is 7. The monoisotopic (exact) mass is 376 g/mol. The number of amides is 1. The maximum Gasteiger partial charge on any atom is 0.231 e. The van der Waals surface area contributed by atoms with Crippen LogP contribution in [0.15, 0.2) is 48.5 Å². The zero-order valence-electron chi connectivity index (χ0n) is 14.3. The number of anilines is 1. The number of nitrogens with zero attached hydrogens (tertiary/aromatic N) is 1. The minimum Gasteiger partial charge on any atom is -0.454 e. The highest BCUT2D eigenvalue weighted by atomic mass is 32.2. The van der Waals surface area contributed by atoms with Gasteiger partial charge < -0.3 is 14.8 Å². The minimum absolute atomic E-state index is 0.0620. The summed E-state index contributed by atoms with van der Waals surface area (Å²) in [7, 11) is -3.46. The van der Waals surface area contributed by atoms with Gasteiger partial charge >= 0.3 is 0 Å². The summed E-state index contributed by atoms with van der Waals surface area (Å²) in [5.74, 6) is 0.996. The molecule has 0 fully saturated rings. The summed E-state index contributed by atoms with van der Waals surface area (Å²) >= 11 is 0. The van der Waals surface area contributed by atoms with Crippen LogP contribution in [0.5, 0.6) is 11.5 Å². The van der Waals surface area contributed by atoms with E-state index in [1.807, 2.05) is 18.2 Å². The highest BCUT2D eigenvalue weighted by Crippen LogP contribution is 2.33. The van der Waals surface area contributed by atoms with E-state index in [0.29, 0.717) is 17.2 Å². The number of hydrogen-bond donors (Lipinski definition) is 1. The Balaban J connectivity index is 1.62. The van der Waals surface area contributed by atoms with E-state index in [1.54, 1.807) is 30.3 Å². The summed E-state index contributed by atoms with van der Waals surface area (Å²) in [6.45, 7) is 0.411. The molecule has 1 aliphatic heterocycles. The van der Waals surface area contributed by atoms with Crippen molar-refractivity contribution in [2.45, 2.75) is 13.0 Å². The average molecular weight is 376 g/mol. The molecule has 7 nitrogen and oxygen atoms in total. The van der Waals surface area contributed by atoms with Crippen LogP contribution in [0, 0.1) is 0 Å². The van der Waals surface area contributed by atoms with Crippen molar-refractivity contribution in [3.63, 3.8) is 0 Å². The highest BCUT2D eigenvalue weighted by molar-refractivity contribution is 7.88. The Labute approximate surface area is 152 Å². The van der Waals surface area contributed by atoms with E-state index >= 15 is 0 Å². The molecule has 0 atom stereocenters. The Morgan fingerprint density at radius 2 is 1.85 bits per heavy atom. The fourth-order valence-electron chi connectivity index (χ4n) is 2.58. The summed E-state index contributed by atoms with van der Waals surface area (Å²) in [5.41, 5.74) is 1.45. The number of carbonyl (C=O) groups excluding carboxylic acids is 1. The molecule has 1 heterocycles. The van der Waals surface area contributed by atoms with E-state index in [2.05, 4.69) is 5.32 Å². The summed E-state index contributed by atoms with van der Waals surface area (Å²) in [6.07, 6.45) is 1.20. The third kappa shape index (κ3) is 4.74. The van der Waals surface area contributed by atoms with Gasteiger partial charge in [-0.3, -0.25) is 4.79 Å². The number of fused-ring (bicyclic) bond motifs is 1. The van der Waals surface area contributed by atoms with Gasteiger partial charge in [-0.15, -0.1) is 0 Å². The smallest absolute Gasteiger partial charge is 0.231 e. The lowest BCUT2D eigenvalue weighted by Gasteiger charge is -2.20. The molecule has 0 unspecified atom stereocenters. The fraction of sp³-hybridized carbons (Fsp3) is 0.278. The number of benzene rings is 2. The molecule has 0 radical (unpaired) electrons. The molecule has 1 N–H and O–H groups in total. The van der Waals surface area contributed by atoms with E-state index in [9.17, 15) is 13.2 Å². The summed E-state index contributed by atoms with van der Waals surface area (Å²) in [4.78, 5) is 12.1. The van der Waals surface area contributed by atoms with Crippen LogP contribution in [-0.2, 0) is 21.4 Å². The van der Waals surface area contributed by atoms with Gasteiger partial charge in [-0.1, -0.05) is 24.3 Å². The Bertz CT molecular complexity index is 884. The molecule has 0 saturated heterocycles. The van der Waals surface area contributed by atoms with Crippen molar-refractivity contribution in [2.75, 3.05) is 24.9 Å². The number of para-hydroxylation sites is 1. The van der Waals surface area contributed by atoms with Gasteiger partial charge in [0.25, 0.3) is 0 Å². The number of sulfonamides is 1. The topological polar surface area (TPSA) is 84.9 Å². The number of carbonyl (C=O) groups is 1. The lowest BCUT2D eigenvalue weighted by molar-refractivity contribution is -0.116. The van der Waals surface area contributed by atoms with Gasteiger partial charge in [0.15, 0.2) is 11.5 Å². The molecule has 1 amide bonds. The summed E-state index contributed by atoms with van der Waals surface area (Å²) < 4.78 is 36.0. The van der Waals surface area contributed by atoms with Gasteiger partial charge in [0.1, 0.15) is 0 Å². The van der Waals surface area contributed by atoms with E-state index in [-0.39, 0.29) is 32.2 Å². The molecule has 26 heavy (non-hydrogen) atoms. The predicted molar refractivity (Wildman–Crippen MR) is 97.5 cm³/mol. The number of ether oxygens (including phenoxy) is 2. The van der Waals surface area contributed by atoms with Crippen molar-refractivity contribution in [1.82, 2.24) is 4.31 Å². The molecule has 138 valence electrons. The zero-order chi connectivity index (χ0) is 18.6. The molecule has 1 aliphatic rings. The molecule has 0 aliphatic carbocycles. The van der Waals surface area contributed by atoms with Gasteiger partial charge in [-0.25, -0.2) is 8.42 Å². The van der Waals surface area contributed by atoms with Crippen LogP contribution in [0.1, 0.15) is 12.0 Å². The van der Waals surface area contributed by atoms with Crippen molar-refractivity contribution in [3.05, 3.63) is 54.1 Å². The minimum atomic E-state index is -3.46. The zero-order valence-corrected chi connectivity index (χ0v) is 15.2. The first-order valence-corrected chi connectivity index (χ1v) is 9.95. The van der Waals surface area contributed by atoms with Crippen molar-refractivity contribution in [1.29, 1.82) is 0 Å². The molecule has 8 heteroatoms. The first kappa shape index (κ1) is 18.2. The Morgan fingerprint density at radius 3 is 2.58 bits per heavy atom. The lowest BCUT2D eigenvalue weighted by Crippen LogP contribution is -2.32. The van der Waals surface area contributed by atoms with Gasteiger partial charge in [0.05, 0.1) is 6.26 Å². The second-order valence-corrected chi connectivity index (χ2v) is 7.93. The first-order valence-electron chi connectivity index (χ1n) is 8.10. The molecule has 3 rings (SSSR count). The largest absolute Gasteiger partial charge is 0.454 e. The van der Waals surface area contributed by atoms with Crippen molar-refractivity contribution in [2.24, 2.45) is 0 Å². The predicted octanol–water partition coefficient (Wildman–Crippen LogP) is 2.21. The summed E-state index contributed by atoms with van der Waals surface area (Å²) in [6, 6.07) is 14.3. The second-order valence-electron chi connectivity index (χ2n) is 5.95. The second kappa shape index (κ2) is 7.76. The first-order chi connectivity index (χ1) is 12.4. The van der Waals surface area contributed by atoms with Crippen LogP contribution < -0.4 is 14.8 Å². The van der Waals surface area contributed by atoms with Crippen molar-refractivity contribution < 1.29 is 22.7 Å². The van der Waals surface area contributed by atoms with Gasteiger partial charge in [0, 0.05) is 25.2 Å². The van der Waals surface area contributed by atoms with E-state index in [1.165, 1.54) is 4.31 Å². The molecular formula is C18H20N2O5S. The number of hydrogen-bond acceptors (Lipinski definition) is 5. The van der Waals surface area contributed by atoms with Crippen LogP contribution >= 0.6 is 0 Å². The van der Waals surface area contributed by atoms with Gasteiger partial charge in [-0.05, 0) is 29.8 Å². The van der Waals surface area contributed by atoms with E-state index in [0.717, 1.165) is 11.8 Å². The molecular weight excluding hydrogens is 356 g/mol. The SMILES string of the molecule is CS(=O)(=O)N(CCC(=O)Nc1ccccc1)Cc1ccc2c(c1)OCO2. The third-order valence-electron chi connectivity index (χ3n) is 3.91. The van der Waals surface area contributed by atoms with E-state index in [4.69, 9.17) is 9.47 Å². The third-order valence-corrected chi connectivity index (χ3v) is 5.16. The molecule has 2 aromatic rings. The Kier molecular flexibility index (Phi) is 5.43. The molecule has 0 spiro atoms. The maximum absolute atomic E-state index is 12.1. The quantitative estimate of drug-likeness (QED) is 0.801. The Morgan fingerprint density at radius 1 is 1.12 bits per heavy atom. The van der Waals surface area contributed by atoms with Crippen LogP contribution in [-0.4, -0.2) is 38.2 Å². The van der Waals surface area contributed by atoms with Crippen LogP contribution in [0.2, 0.25) is 0 Å². The summed E-state index contributed by atoms with van der Waals surface area (Å²) in [5, 5.41) is 2.75. The number of nitrogens with one attached hydrogen (secondary N) is 1. The molecule has 0 aromatic heterocycles. The fourth-order valence-corrected chi connectivity index (χ4v) is 3.38. The van der Waals surface area contributed by atoms with Crippen LogP contribution in [0.3, 0.4) is 0 Å². The Hall–Kier alpha value is -2.58. The standard InChI is InChI=1S/C18H20N2O5S/c1-26(22,23)20(10-9-18(21)19-15-5-3-2-4-6-15)12-14-7-8-16-17(11-14)25-13-24-16/h2-8,11H,9-10,12-13H2,1H3,(H,19,21). The van der Waals surface area contributed by atoms with Gasteiger partial charge in [-0.2, -0.15) is 4.31 Å². The molecule has 0 saturated carbocycles. The highest BCUT2D eigenvalue weighted by Gasteiger charge is 2.20. The van der Waals surface area contributed by atoms with Crippen LogP contribution in [0.4, 0.5) is 5.69 Å². The lowest BCUT2D eigenvalue weighted by atomic mass is 10.2. The maximum atomic E-state index is 12.1. The molecule has 2 aromatic carbocycles. The van der Waals surface area contributed by atoms with Crippen LogP contribution in [0.25, 0.3) is 0 Å². The van der Waals surface area contributed by atoms with E-state index < -0.39 is 10.0 Å². The van der Waals surface area contributed by atoms with Crippen molar-refractivity contribution in [3.8, 4) is 11.5 Å². The van der Waals surface area contributed by atoms with Gasteiger partial charge in [0.2, 0.25) is 22.7 Å². The average Bonchev–Trinajstić information content (AvgIpc) is 3.06. The normalized spacial score (nSPS) is 13.0. The van der Waals surface area contributed by atoms with Crippen molar-refractivity contribution >= 4 is 21.6 Å².